The van der Waals surface area contributed by atoms with Gasteiger partial charge in [-0.2, -0.15) is 0 Å². The third kappa shape index (κ3) is 3.02. The molecule has 1 aliphatic rings. The van der Waals surface area contributed by atoms with Gasteiger partial charge in [0.2, 0.25) is 5.91 Å². The smallest absolute Gasteiger partial charge is 0.223 e. The summed E-state index contributed by atoms with van der Waals surface area (Å²) in [5, 5.41) is 0. The van der Waals surface area contributed by atoms with Crippen LogP contribution in [0.2, 0.25) is 0 Å². The van der Waals surface area contributed by atoms with E-state index >= 15 is 0 Å². The summed E-state index contributed by atoms with van der Waals surface area (Å²) in [6.07, 6.45) is 1.37. The number of aromatic nitrogens is 2. The number of hydrogen-bond acceptors (Lipinski definition) is 2. The molecule has 4 rings (SSSR count). The number of fused-ring (bicyclic) bond motifs is 1. The van der Waals surface area contributed by atoms with Gasteiger partial charge in [0.25, 0.3) is 0 Å². The zero-order valence-electron chi connectivity index (χ0n) is 14.1. The Morgan fingerprint density at radius 3 is 2.84 bits per heavy atom. The van der Waals surface area contributed by atoms with Gasteiger partial charge in [0.15, 0.2) is 0 Å². The molecule has 2 aromatic carbocycles. The average molecular weight is 337 g/mol. The summed E-state index contributed by atoms with van der Waals surface area (Å²) in [5.74, 6) is 0.528. The Bertz CT molecular complexity index is 921. The summed E-state index contributed by atoms with van der Waals surface area (Å²) in [6, 6.07) is 14.8. The van der Waals surface area contributed by atoms with Gasteiger partial charge in [0.05, 0.1) is 17.6 Å². The lowest BCUT2D eigenvalue weighted by Gasteiger charge is -2.40. The molecule has 2 heterocycles. The lowest BCUT2D eigenvalue weighted by Crippen LogP contribution is -2.47. The highest BCUT2D eigenvalue weighted by Crippen LogP contribution is 2.34. The number of H-pyrrole nitrogens is 1. The first-order valence-corrected chi connectivity index (χ1v) is 8.51. The van der Waals surface area contributed by atoms with Crippen LogP contribution in [0.25, 0.3) is 11.0 Å². The highest BCUT2D eigenvalue weighted by atomic mass is 19.1. The number of benzene rings is 2. The number of nitrogens with zero attached hydrogens (tertiary/aromatic N) is 2. The van der Waals surface area contributed by atoms with E-state index in [0.717, 1.165) is 6.42 Å². The number of hydrogen-bond donors (Lipinski definition) is 1. The van der Waals surface area contributed by atoms with E-state index in [2.05, 4.69) is 29.0 Å². The topological polar surface area (TPSA) is 49.0 Å². The molecule has 1 aliphatic heterocycles. The molecule has 4 nitrogen and oxygen atoms in total. The van der Waals surface area contributed by atoms with Crippen LogP contribution < -0.4 is 0 Å². The number of aromatic amines is 1. The minimum atomic E-state index is -0.298. The van der Waals surface area contributed by atoms with Crippen LogP contribution in [0.15, 0.2) is 48.5 Å². The SMILES string of the molecule is C[C@@]1(c2ccccc2)CCC(=O)N(Cc2nc3ccc(F)cc3[nH]2)C1. The molecule has 3 aromatic rings. The Morgan fingerprint density at radius 2 is 2.04 bits per heavy atom. The number of rotatable bonds is 3. The maximum absolute atomic E-state index is 13.3. The fraction of sp³-hybridized carbons (Fsp3) is 0.300. The second kappa shape index (κ2) is 5.99. The lowest BCUT2D eigenvalue weighted by molar-refractivity contribution is -0.136. The van der Waals surface area contributed by atoms with Gasteiger partial charge in [-0.05, 0) is 30.2 Å². The Labute approximate surface area is 145 Å². The first-order valence-electron chi connectivity index (χ1n) is 8.51. The van der Waals surface area contributed by atoms with Gasteiger partial charge in [-0.1, -0.05) is 37.3 Å². The molecule has 0 aliphatic carbocycles. The highest BCUT2D eigenvalue weighted by Gasteiger charge is 2.36. The maximum Gasteiger partial charge on any atom is 0.223 e. The van der Waals surface area contributed by atoms with Crippen molar-refractivity contribution in [3.05, 3.63) is 65.7 Å². The van der Waals surface area contributed by atoms with E-state index in [1.807, 2.05) is 23.1 Å². The molecule has 0 saturated carbocycles. The summed E-state index contributed by atoms with van der Waals surface area (Å²) in [6.45, 7) is 3.27. The Morgan fingerprint density at radius 1 is 1.24 bits per heavy atom. The second-order valence-electron chi connectivity index (χ2n) is 7.02. The fourth-order valence-corrected chi connectivity index (χ4v) is 3.64. The molecule has 0 radical (unpaired) electrons. The third-order valence-electron chi connectivity index (χ3n) is 5.09. The zero-order valence-corrected chi connectivity index (χ0v) is 14.1. The van der Waals surface area contributed by atoms with Gasteiger partial charge < -0.3 is 9.88 Å². The van der Waals surface area contributed by atoms with Crippen LogP contribution in [0.4, 0.5) is 4.39 Å². The largest absolute Gasteiger partial charge is 0.340 e. The molecule has 1 fully saturated rings. The van der Waals surface area contributed by atoms with Crippen molar-refractivity contribution in [3.63, 3.8) is 0 Å². The predicted octanol–water partition coefficient (Wildman–Crippen LogP) is 3.78. The standard InChI is InChI=1S/C20H20FN3O/c1-20(14-5-3-2-4-6-14)10-9-19(25)24(13-20)12-18-22-16-8-7-15(21)11-17(16)23-18/h2-8,11H,9-10,12-13H2,1H3,(H,22,23)/t20-/m1/s1. The van der Waals surface area contributed by atoms with Crippen molar-refractivity contribution in [1.82, 2.24) is 14.9 Å². The first kappa shape index (κ1) is 15.8. The first-order chi connectivity index (χ1) is 12.0. The number of halogens is 1. The van der Waals surface area contributed by atoms with E-state index in [4.69, 9.17) is 0 Å². The van der Waals surface area contributed by atoms with Gasteiger partial charge >= 0.3 is 0 Å². The molecule has 128 valence electrons. The molecule has 0 spiro atoms. The van der Waals surface area contributed by atoms with Gasteiger partial charge in [0.1, 0.15) is 11.6 Å². The summed E-state index contributed by atoms with van der Waals surface area (Å²) < 4.78 is 13.3. The van der Waals surface area contributed by atoms with Crippen LogP contribution >= 0.6 is 0 Å². The van der Waals surface area contributed by atoms with Crippen molar-refractivity contribution in [1.29, 1.82) is 0 Å². The lowest BCUT2D eigenvalue weighted by atomic mass is 9.76. The number of imidazole rings is 1. The van der Waals surface area contributed by atoms with Crippen LogP contribution in [-0.4, -0.2) is 27.3 Å². The Kier molecular flexibility index (Phi) is 3.79. The van der Waals surface area contributed by atoms with E-state index in [9.17, 15) is 9.18 Å². The molecule has 0 unspecified atom stereocenters. The van der Waals surface area contributed by atoms with Gasteiger partial charge in [-0.25, -0.2) is 9.37 Å². The number of carbonyl (C=O) groups is 1. The number of likely N-dealkylation sites (tertiary alicyclic amines) is 1. The van der Waals surface area contributed by atoms with Crippen molar-refractivity contribution >= 4 is 16.9 Å². The van der Waals surface area contributed by atoms with Crippen LogP contribution in [0.1, 0.15) is 31.2 Å². The summed E-state index contributed by atoms with van der Waals surface area (Å²) >= 11 is 0. The average Bonchev–Trinajstić information content (AvgIpc) is 3.00. The molecule has 1 saturated heterocycles. The van der Waals surface area contributed by atoms with Gasteiger partial charge in [-0.3, -0.25) is 4.79 Å². The van der Waals surface area contributed by atoms with Crippen LogP contribution in [0.5, 0.6) is 0 Å². The summed E-state index contributed by atoms with van der Waals surface area (Å²) in [7, 11) is 0. The summed E-state index contributed by atoms with van der Waals surface area (Å²) in [5.41, 5.74) is 2.56. The third-order valence-corrected chi connectivity index (χ3v) is 5.09. The molecule has 0 bridgehead atoms. The number of carbonyl (C=O) groups excluding carboxylic acids is 1. The van der Waals surface area contributed by atoms with Crippen molar-refractivity contribution in [2.75, 3.05) is 6.54 Å². The normalized spacial score (nSPS) is 21.0. The summed E-state index contributed by atoms with van der Waals surface area (Å²) in [4.78, 5) is 21.9. The Balaban J connectivity index is 1.58. The molecular formula is C20H20FN3O. The van der Waals surface area contributed by atoms with E-state index in [-0.39, 0.29) is 17.1 Å². The van der Waals surface area contributed by atoms with Crippen molar-refractivity contribution in [2.24, 2.45) is 0 Å². The van der Waals surface area contributed by atoms with E-state index in [1.54, 1.807) is 6.07 Å². The monoisotopic (exact) mass is 337 g/mol. The van der Waals surface area contributed by atoms with Crippen LogP contribution in [-0.2, 0) is 16.8 Å². The number of piperidine rings is 1. The quantitative estimate of drug-likeness (QED) is 0.791. The van der Waals surface area contributed by atoms with Crippen LogP contribution in [0.3, 0.4) is 0 Å². The molecule has 5 heteroatoms. The fourth-order valence-electron chi connectivity index (χ4n) is 3.64. The van der Waals surface area contributed by atoms with E-state index < -0.39 is 0 Å². The van der Waals surface area contributed by atoms with Gasteiger partial charge in [0, 0.05) is 18.4 Å². The highest BCUT2D eigenvalue weighted by molar-refractivity contribution is 5.78. The molecular weight excluding hydrogens is 317 g/mol. The van der Waals surface area contributed by atoms with Gasteiger partial charge in [-0.15, -0.1) is 0 Å². The van der Waals surface area contributed by atoms with E-state index in [0.29, 0.717) is 36.4 Å². The number of amides is 1. The van der Waals surface area contributed by atoms with Crippen molar-refractivity contribution in [2.45, 2.75) is 31.7 Å². The predicted molar refractivity (Wildman–Crippen MR) is 94.5 cm³/mol. The molecule has 25 heavy (non-hydrogen) atoms. The van der Waals surface area contributed by atoms with E-state index in [1.165, 1.54) is 17.7 Å². The molecule has 1 atom stereocenters. The van der Waals surface area contributed by atoms with Crippen LogP contribution in [0, 0.1) is 5.82 Å². The second-order valence-corrected chi connectivity index (χ2v) is 7.02. The van der Waals surface area contributed by atoms with Crippen molar-refractivity contribution < 1.29 is 9.18 Å². The molecule has 1 amide bonds. The number of nitrogens with one attached hydrogen (secondary N) is 1. The minimum Gasteiger partial charge on any atom is -0.340 e. The van der Waals surface area contributed by atoms with Crippen molar-refractivity contribution in [3.8, 4) is 0 Å². The minimum absolute atomic E-state index is 0.0622. The molecule has 1 N–H and O–H groups in total. The Hall–Kier alpha value is -2.69. The molecule has 1 aromatic heterocycles. The zero-order chi connectivity index (χ0) is 17.4. The maximum atomic E-state index is 13.3.